The maximum Gasteiger partial charge on any atom is 0.248 e. The summed E-state index contributed by atoms with van der Waals surface area (Å²) >= 11 is 0. The molecule has 4 N–H and O–H groups in total. The van der Waals surface area contributed by atoms with Gasteiger partial charge in [-0.05, 0) is 29.3 Å². The lowest BCUT2D eigenvalue weighted by atomic mass is 10.1. The van der Waals surface area contributed by atoms with Gasteiger partial charge in [-0.25, -0.2) is 0 Å². The van der Waals surface area contributed by atoms with E-state index in [0.717, 1.165) is 23.3 Å². The summed E-state index contributed by atoms with van der Waals surface area (Å²) in [6.45, 7) is 0.491. The van der Waals surface area contributed by atoms with Gasteiger partial charge in [-0.15, -0.1) is 0 Å². The fourth-order valence-electron chi connectivity index (χ4n) is 1.84. The molecule has 1 heterocycles. The molecule has 0 saturated carbocycles. The van der Waals surface area contributed by atoms with Crippen LogP contribution < -0.4 is 15.8 Å². The number of ether oxygens (including phenoxy) is 1. The summed E-state index contributed by atoms with van der Waals surface area (Å²) in [5, 5.41) is 11.5. The van der Waals surface area contributed by atoms with Gasteiger partial charge < -0.3 is 20.9 Å². The molecule has 0 fully saturated rings. The quantitative estimate of drug-likeness (QED) is 0.637. The Kier molecular flexibility index (Phi) is 4.37. The largest absolute Gasteiger partial charge is 0.493 e. The van der Waals surface area contributed by atoms with Crippen molar-refractivity contribution in [3.63, 3.8) is 0 Å². The summed E-state index contributed by atoms with van der Waals surface area (Å²) in [6.07, 6.45) is 2.49. The summed E-state index contributed by atoms with van der Waals surface area (Å²) in [5.41, 5.74) is 6.88. The van der Waals surface area contributed by atoms with E-state index in [-0.39, 0.29) is 6.54 Å². The van der Waals surface area contributed by atoms with Crippen LogP contribution in [0.3, 0.4) is 0 Å². The standard InChI is InChI=1S/C14H16N2O4/c15-14(19)11(17)8-16-13(18)4-2-9-1-3-12-10(7-9)5-6-20-12/h1-4,7,11,17H,5-6,8H2,(H2,15,19)(H,16,18)/b4-2+. The first kappa shape index (κ1) is 14.1. The van der Waals surface area contributed by atoms with E-state index < -0.39 is 17.9 Å². The molecule has 0 aliphatic carbocycles. The summed E-state index contributed by atoms with van der Waals surface area (Å²) in [4.78, 5) is 22.1. The second-order valence-corrected chi connectivity index (χ2v) is 4.46. The molecule has 106 valence electrons. The minimum Gasteiger partial charge on any atom is -0.493 e. The normalized spacial score (nSPS) is 14.7. The number of amides is 2. The van der Waals surface area contributed by atoms with Crippen molar-refractivity contribution in [3.8, 4) is 5.75 Å². The van der Waals surface area contributed by atoms with Crippen molar-refractivity contribution in [2.75, 3.05) is 13.2 Å². The zero-order valence-corrected chi connectivity index (χ0v) is 10.8. The molecular formula is C14H16N2O4. The number of nitrogens with two attached hydrogens (primary N) is 1. The van der Waals surface area contributed by atoms with E-state index in [1.807, 2.05) is 18.2 Å². The van der Waals surface area contributed by atoms with Gasteiger partial charge in [0.1, 0.15) is 11.9 Å². The molecule has 0 saturated heterocycles. The van der Waals surface area contributed by atoms with E-state index in [1.54, 1.807) is 6.08 Å². The molecule has 1 unspecified atom stereocenters. The molecule has 2 amide bonds. The Bertz CT molecular complexity index is 554. The van der Waals surface area contributed by atoms with Gasteiger partial charge in [0.15, 0.2) is 0 Å². The van der Waals surface area contributed by atoms with Crippen molar-refractivity contribution < 1.29 is 19.4 Å². The van der Waals surface area contributed by atoms with Crippen molar-refractivity contribution in [2.24, 2.45) is 5.73 Å². The molecule has 1 aromatic rings. The van der Waals surface area contributed by atoms with Crippen LogP contribution >= 0.6 is 0 Å². The maximum absolute atomic E-state index is 11.5. The predicted octanol–water partition coefficient (Wildman–Crippen LogP) is -0.403. The fraction of sp³-hybridized carbons (Fsp3) is 0.286. The first-order valence-corrected chi connectivity index (χ1v) is 6.25. The fourth-order valence-corrected chi connectivity index (χ4v) is 1.84. The van der Waals surface area contributed by atoms with Gasteiger partial charge in [-0.3, -0.25) is 9.59 Å². The van der Waals surface area contributed by atoms with Crippen LogP contribution in [0.25, 0.3) is 6.08 Å². The monoisotopic (exact) mass is 276 g/mol. The second-order valence-electron chi connectivity index (χ2n) is 4.46. The molecule has 2 rings (SSSR count). The number of rotatable bonds is 5. The Morgan fingerprint density at radius 3 is 3.05 bits per heavy atom. The van der Waals surface area contributed by atoms with Gasteiger partial charge >= 0.3 is 0 Å². The third kappa shape index (κ3) is 3.58. The van der Waals surface area contributed by atoms with Crippen molar-refractivity contribution in [1.29, 1.82) is 0 Å². The number of carbonyl (C=O) groups excluding carboxylic acids is 2. The Balaban J connectivity index is 1.89. The zero-order valence-electron chi connectivity index (χ0n) is 10.8. The first-order chi connectivity index (χ1) is 9.56. The first-order valence-electron chi connectivity index (χ1n) is 6.25. The van der Waals surface area contributed by atoms with Crippen LogP contribution in [0.4, 0.5) is 0 Å². The van der Waals surface area contributed by atoms with E-state index in [9.17, 15) is 9.59 Å². The van der Waals surface area contributed by atoms with Crippen molar-refractivity contribution in [2.45, 2.75) is 12.5 Å². The molecule has 6 heteroatoms. The van der Waals surface area contributed by atoms with Crippen LogP contribution in [-0.4, -0.2) is 36.2 Å². The highest BCUT2D eigenvalue weighted by molar-refractivity contribution is 5.92. The van der Waals surface area contributed by atoms with Crippen molar-refractivity contribution in [1.82, 2.24) is 5.32 Å². The Morgan fingerprint density at radius 2 is 2.30 bits per heavy atom. The smallest absolute Gasteiger partial charge is 0.248 e. The number of fused-ring (bicyclic) bond motifs is 1. The molecule has 20 heavy (non-hydrogen) atoms. The van der Waals surface area contributed by atoms with Gasteiger partial charge in [0.25, 0.3) is 0 Å². The van der Waals surface area contributed by atoms with E-state index in [0.29, 0.717) is 6.61 Å². The molecule has 0 bridgehead atoms. The zero-order chi connectivity index (χ0) is 14.5. The molecule has 0 aromatic heterocycles. The minimum absolute atomic E-state index is 0.198. The molecule has 0 radical (unpaired) electrons. The average molecular weight is 276 g/mol. The molecule has 1 atom stereocenters. The molecular weight excluding hydrogens is 260 g/mol. The van der Waals surface area contributed by atoms with Gasteiger partial charge in [0, 0.05) is 12.5 Å². The van der Waals surface area contributed by atoms with E-state index >= 15 is 0 Å². The highest BCUT2D eigenvalue weighted by Gasteiger charge is 2.12. The van der Waals surface area contributed by atoms with Crippen LogP contribution in [0.1, 0.15) is 11.1 Å². The predicted molar refractivity (Wildman–Crippen MR) is 72.9 cm³/mol. The van der Waals surface area contributed by atoms with Crippen LogP contribution in [0, 0.1) is 0 Å². The maximum atomic E-state index is 11.5. The number of carbonyl (C=O) groups is 2. The highest BCUT2D eigenvalue weighted by Crippen LogP contribution is 2.26. The van der Waals surface area contributed by atoms with Crippen LogP contribution in [0.2, 0.25) is 0 Å². The minimum atomic E-state index is -1.37. The van der Waals surface area contributed by atoms with Gasteiger partial charge in [0.05, 0.1) is 13.2 Å². The van der Waals surface area contributed by atoms with Gasteiger partial charge in [-0.1, -0.05) is 6.07 Å². The third-order valence-electron chi connectivity index (χ3n) is 2.94. The Morgan fingerprint density at radius 1 is 1.50 bits per heavy atom. The van der Waals surface area contributed by atoms with E-state index in [4.69, 9.17) is 15.6 Å². The van der Waals surface area contributed by atoms with Crippen LogP contribution in [0.15, 0.2) is 24.3 Å². The average Bonchev–Trinajstić information content (AvgIpc) is 2.89. The van der Waals surface area contributed by atoms with Gasteiger partial charge in [0.2, 0.25) is 11.8 Å². The second kappa shape index (κ2) is 6.21. The Labute approximate surface area is 116 Å². The summed E-state index contributed by atoms with van der Waals surface area (Å²) < 4.78 is 5.39. The molecule has 6 nitrogen and oxygen atoms in total. The number of hydrogen-bond acceptors (Lipinski definition) is 4. The topological polar surface area (TPSA) is 102 Å². The Hall–Kier alpha value is -2.34. The molecule has 1 aliphatic heterocycles. The summed E-state index contributed by atoms with van der Waals surface area (Å²) in [7, 11) is 0. The van der Waals surface area contributed by atoms with E-state index in [1.165, 1.54) is 6.08 Å². The number of hydrogen-bond donors (Lipinski definition) is 3. The van der Waals surface area contributed by atoms with E-state index in [2.05, 4.69) is 5.32 Å². The number of aliphatic hydroxyl groups is 1. The highest BCUT2D eigenvalue weighted by atomic mass is 16.5. The summed E-state index contributed by atoms with van der Waals surface area (Å²) in [6, 6.07) is 5.69. The molecule has 1 aromatic carbocycles. The number of benzene rings is 1. The lowest BCUT2D eigenvalue weighted by Crippen LogP contribution is -2.39. The SMILES string of the molecule is NC(=O)C(O)CNC(=O)/C=C/c1ccc2c(c1)CCO2. The lowest BCUT2D eigenvalue weighted by Gasteiger charge is -2.06. The van der Waals surface area contributed by atoms with Gasteiger partial charge in [-0.2, -0.15) is 0 Å². The van der Waals surface area contributed by atoms with Crippen molar-refractivity contribution >= 4 is 17.9 Å². The summed E-state index contributed by atoms with van der Waals surface area (Å²) in [5.74, 6) is -0.383. The number of aliphatic hydroxyl groups excluding tert-OH is 1. The number of primary amides is 1. The molecule has 0 spiro atoms. The lowest BCUT2D eigenvalue weighted by molar-refractivity contribution is -0.126. The third-order valence-corrected chi connectivity index (χ3v) is 2.94. The molecule has 1 aliphatic rings. The van der Waals surface area contributed by atoms with Crippen molar-refractivity contribution in [3.05, 3.63) is 35.4 Å². The number of nitrogens with one attached hydrogen (secondary N) is 1. The van der Waals surface area contributed by atoms with Crippen LogP contribution in [0.5, 0.6) is 5.75 Å². The van der Waals surface area contributed by atoms with Crippen LogP contribution in [-0.2, 0) is 16.0 Å².